The van der Waals surface area contributed by atoms with Gasteiger partial charge in [0, 0.05) is 48.3 Å². The molecule has 1 aliphatic carbocycles. The van der Waals surface area contributed by atoms with E-state index in [-0.39, 0.29) is 5.91 Å². The minimum atomic E-state index is -4.54. The van der Waals surface area contributed by atoms with Crippen LogP contribution in [0, 0.1) is 0 Å². The molecule has 1 aromatic heterocycles. The Hall–Kier alpha value is -4.19. The van der Waals surface area contributed by atoms with Crippen molar-refractivity contribution in [2.24, 2.45) is 0 Å². The van der Waals surface area contributed by atoms with E-state index in [2.05, 4.69) is 15.1 Å². The Labute approximate surface area is 284 Å². The molecule has 0 bridgehead atoms. The average molecular weight is 675 g/mol. The second-order valence-electron chi connectivity index (χ2n) is 13.2. The molecule has 0 radical (unpaired) electrons. The molecule has 4 aromatic rings. The van der Waals surface area contributed by atoms with Gasteiger partial charge in [-0.2, -0.15) is 13.2 Å². The molecule has 3 fully saturated rings. The molecule has 1 amide bonds. The fourth-order valence-electron chi connectivity index (χ4n) is 7.38. The van der Waals surface area contributed by atoms with Crippen molar-refractivity contribution in [2.75, 3.05) is 53.6 Å². The molecule has 1 N–H and O–H groups in total. The summed E-state index contributed by atoms with van der Waals surface area (Å²) in [5.74, 6) is 0.538. The van der Waals surface area contributed by atoms with Gasteiger partial charge in [-0.25, -0.2) is 4.98 Å². The first kappa shape index (κ1) is 33.3. The predicted molar refractivity (Wildman–Crippen MR) is 181 cm³/mol. The van der Waals surface area contributed by atoms with Crippen LogP contribution in [0.5, 0.6) is 11.5 Å². The van der Waals surface area contributed by atoms with E-state index in [1.807, 2.05) is 30.3 Å². The van der Waals surface area contributed by atoms with Gasteiger partial charge in [0.05, 0.1) is 55.3 Å². The van der Waals surface area contributed by atoms with Gasteiger partial charge in [-0.1, -0.05) is 42.5 Å². The number of ether oxygens (including phenoxy) is 3. The summed E-state index contributed by atoms with van der Waals surface area (Å²) in [7, 11) is 3.04. The number of nitrogens with zero attached hydrogens (tertiary/aromatic N) is 3. The highest BCUT2D eigenvalue weighted by atomic mass is 19.4. The van der Waals surface area contributed by atoms with E-state index in [1.165, 1.54) is 20.3 Å². The van der Waals surface area contributed by atoms with Crippen molar-refractivity contribution in [1.29, 1.82) is 0 Å². The number of benzene rings is 3. The number of alkyl halides is 3. The quantitative estimate of drug-likeness (QED) is 0.213. The zero-order valence-electron chi connectivity index (χ0n) is 27.8. The van der Waals surface area contributed by atoms with E-state index in [1.54, 1.807) is 18.2 Å². The van der Waals surface area contributed by atoms with E-state index in [0.29, 0.717) is 57.4 Å². The minimum Gasteiger partial charge on any atom is -0.493 e. The van der Waals surface area contributed by atoms with Crippen molar-refractivity contribution in [3.63, 3.8) is 0 Å². The van der Waals surface area contributed by atoms with Gasteiger partial charge in [-0.15, -0.1) is 0 Å². The highest BCUT2D eigenvalue weighted by molar-refractivity contribution is 6.10. The molecule has 0 spiro atoms. The van der Waals surface area contributed by atoms with Crippen molar-refractivity contribution in [3.8, 4) is 22.8 Å². The summed E-state index contributed by atoms with van der Waals surface area (Å²) in [6, 6.07) is 19.0. The number of carbonyl (C=O) groups excluding carboxylic acids is 1. The van der Waals surface area contributed by atoms with Crippen LogP contribution in [0.2, 0.25) is 0 Å². The highest BCUT2D eigenvalue weighted by Crippen LogP contribution is 2.46. The van der Waals surface area contributed by atoms with Crippen LogP contribution in [0.25, 0.3) is 22.2 Å². The molecule has 3 aliphatic rings. The van der Waals surface area contributed by atoms with Gasteiger partial charge in [0.15, 0.2) is 11.5 Å². The number of nitrogens with one attached hydrogen (secondary N) is 1. The molecular weight excluding hydrogens is 633 g/mol. The third kappa shape index (κ3) is 6.84. The fraction of sp³-hybridized carbons (Fsp3) is 0.421. The Morgan fingerprint density at radius 1 is 0.939 bits per heavy atom. The maximum atomic E-state index is 14.7. The number of hydrogen-bond acceptors (Lipinski definition) is 7. The van der Waals surface area contributed by atoms with Gasteiger partial charge < -0.3 is 19.5 Å². The highest BCUT2D eigenvalue weighted by Gasteiger charge is 2.46. The topological polar surface area (TPSA) is 76.2 Å². The standard InChI is InChI=1S/C38H41F3N4O4/c1-47-32-22-29-31(23-33(32)48-2)42-35(25-7-6-10-27(21-25)38(39,40)41)30(24-44-15-11-28(12-16-44)45-17-19-49-20-18-45)34(29)36(46)43-37(13-14-37)26-8-4-3-5-9-26/h3-10,21-23,28H,11-20,24H2,1-2H3,(H,43,46). The molecule has 3 heterocycles. The van der Waals surface area contributed by atoms with Gasteiger partial charge in [0.1, 0.15) is 0 Å². The SMILES string of the molecule is COc1cc2nc(-c3cccc(C(F)(F)F)c3)c(CN3CCC(N4CCOCC4)CC3)c(C(=O)NC3(c4ccccc4)CC3)c2cc1OC. The van der Waals surface area contributed by atoms with E-state index in [0.717, 1.165) is 82.8 Å². The lowest BCUT2D eigenvalue weighted by Crippen LogP contribution is -2.48. The lowest BCUT2D eigenvalue weighted by Gasteiger charge is -2.40. The molecule has 0 unspecified atom stereocenters. The molecule has 0 atom stereocenters. The summed E-state index contributed by atoms with van der Waals surface area (Å²) in [4.78, 5) is 24.5. The number of pyridine rings is 1. The summed E-state index contributed by atoms with van der Waals surface area (Å²) in [6.07, 6.45) is -1.08. The molecule has 8 nitrogen and oxygen atoms in total. The number of fused-ring (bicyclic) bond motifs is 1. The van der Waals surface area contributed by atoms with Crippen LogP contribution in [0.3, 0.4) is 0 Å². The Balaban J connectivity index is 1.36. The Morgan fingerprint density at radius 3 is 2.29 bits per heavy atom. The van der Waals surface area contributed by atoms with Crippen molar-refractivity contribution < 1.29 is 32.2 Å². The van der Waals surface area contributed by atoms with E-state index in [9.17, 15) is 18.0 Å². The largest absolute Gasteiger partial charge is 0.493 e. The molecule has 258 valence electrons. The number of aromatic nitrogens is 1. The third-order valence-electron chi connectivity index (χ3n) is 10.2. The van der Waals surface area contributed by atoms with Gasteiger partial charge in [-0.3, -0.25) is 14.6 Å². The second-order valence-corrected chi connectivity index (χ2v) is 13.2. The smallest absolute Gasteiger partial charge is 0.416 e. The molecular formula is C38H41F3N4O4. The first-order chi connectivity index (χ1) is 23.7. The lowest BCUT2D eigenvalue weighted by atomic mass is 9.93. The van der Waals surface area contributed by atoms with Crippen molar-refractivity contribution in [1.82, 2.24) is 20.1 Å². The van der Waals surface area contributed by atoms with Crippen LogP contribution in [0.4, 0.5) is 13.2 Å². The summed E-state index contributed by atoms with van der Waals surface area (Å²) in [5, 5.41) is 3.89. The maximum absolute atomic E-state index is 14.7. The molecule has 1 saturated carbocycles. The van der Waals surface area contributed by atoms with Crippen LogP contribution in [0.1, 0.15) is 52.7 Å². The summed E-state index contributed by atoms with van der Waals surface area (Å²) >= 11 is 0. The van der Waals surface area contributed by atoms with E-state index >= 15 is 0 Å². The Kier molecular flexibility index (Phi) is 9.25. The summed E-state index contributed by atoms with van der Waals surface area (Å²) in [5.41, 5.74) is 1.76. The number of hydrogen-bond donors (Lipinski definition) is 1. The van der Waals surface area contributed by atoms with Crippen molar-refractivity contribution in [3.05, 3.63) is 89.0 Å². The molecule has 7 rings (SSSR count). The van der Waals surface area contributed by atoms with Crippen LogP contribution < -0.4 is 14.8 Å². The number of rotatable bonds is 9. The fourth-order valence-corrected chi connectivity index (χ4v) is 7.38. The molecule has 11 heteroatoms. The van der Waals surface area contributed by atoms with Crippen LogP contribution >= 0.6 is 0 Å². The molecule has 2 saturated heterocycles. The van der Waals surface area contributed by atoms with Gasteiger partial charge in [0.2, 0.25) is 0 Å². The first-order valence-electron chi connectivity index (χ1n) is 16.9. The van der Waals surface area contributed by atoms with Gasteiger partial charge >= 0.3 is 6.18 Å². The first-order valence-corrected chi connectivity index (χ1v) is 16.9. The number of morpholine rings is 1. The second kappa shape index (κ2) is 13.6. The summed E-state index contributed by atoms with van der Waals surface area (Å²) in [6.45, 7) is 5.21. The monoisotopic (exact) mass is 674 g/mol. The van der Waals surface area contributed by atoms with E-state index in [4.69, 9.17) is 19.2 Å². The van der Waals surface area contributed by atoms with Crippen LogP contribution in [-0.2, 0) is 23.0 Å². The zero-order valence-corrected chi connectivity index (χ0v) is 27.8. The number of methoxy groups -OCH3 is 2. The lowest BCUT2D eigenvalue weighted by molar-refractivity contribution is -0.137. The van der Waals surface area contributed by atoms with E-state index < -0.39 is 17.3 Å². The number of amides is 1. The van der Waals surface area contributed by atoms with Gasteiger partial charge in [0.25, 0.3) is 5.91 Å². The van der Waals surface area contributed by atoms with Crippen molar-refractivity contribution in [2.45, 2.75) is 50.0 Å². The third-order valence-corrected chi connectivity index (χ3v) is 10.2. The van der Waals surface area contributed by atoms with Gasteiger partial charge in [-0.05, 0) is 62.5 Å². The summed E-state index contributed by atoms with van der Waals surface area (Å²) < 4.78 is 58.8. The zero-order chi connectivity index (χ0) is 34.2. The minimum absolute atomic E-state index is 0.294. The molecule has 49 heavy (non-hydrogen) atoms. The number of carbonyl (C=O) groups is 1. The van der Waals surface area contributed by atoms with Crippen LogP contribution in [0.15, 0.2) is 66.7 Å². The number of piperidine rings is 1. The molecule has 3 aromatic carbocycles. The normalized spacial score (nSPS) is 18.7. The average Bonchev–Trinajstić information content (AvgIpc) is 3.91. The number of likely N-dealkylation sites (tertiary alicyclic amines) is 1. The number of halogens is 3. The Morgan fingerprint density at radius 2 is 1.63 bits per heavy atom. The Bertz CT molecular complexity index is 1820. The van der Waals surface area contributed by atoms with Crippen LogP contribution in [-0.4, -0.2) is 80.3 Å². The van der Waals surface area contributed by atoms with Crippen molar-refractivity contribution >= 4 is 16.8 Å². The maximum Gasteiger partial charge on any atom is 0.416 e. The molecule has 2 aliphatic heterocycles. The predicted octanol–water partition coefficient (Wildman–Crippen LogP) is 6.65.